The minimum Gasteiger partial charge on any atom is -0.493 e. The normalized spacial score (nSPS) is 15.8. The highest BCUT2D eigenvalue weighted by Gasteiger charge is 2.13. The first-order valence-corrected chi connectivity index (χ1v) is 7.84. The number of nitrogens with two attached hydrogens (primary N) is 1. The fraction of sp³-hybridized carbons (Fsp3) is 0.562. The fourth-order valence-electron chi connectivity index (χ4n) is 2.25. The van der Waals surface area contributed by atoms with E-state index in [-0.39, 0.29) is 0 Å². The van der Waals surface area contributed by atoms with Crippen LogP contribution in [0, 0.1) is 5.92 Å². The van der Waals surface area contributed by atoms with Gasteiger partial charge in [-0.25, -0.2) is 0 Å². The highest BCUT2D eigenvalue weighted by Crippen LogP contribution is 2.15. The van der Waals surface area contributed by atoms with Crippen LogP contribution in [0.1, 0.15) is 24.8 Å². The van der Waals surface area contributed by atoms with Crippen LogP contribution in [0.5, 0.6) is 5.75 Å². The maximum absolute atomic E-state index is 5.70. The Kier molecular flexibility index (Phi) is 6.92. The molecule has 4 nitrogen and oxygen atoms in total. The molecule has 2 rings (SSSR count). The maximum Gasteiger partial charge on any atom is 0.119 e. The monoisotopic (exact) mass is 309 g/mol. The summed E-state index contributed by atoms with van der Waals surface area (Å²) in [5, 5.41) is 0. The van der Waals surface area contributed by atoms with E-state index in [2.05, 4.69) is 0 Å². The molecule has 1 heterocycles. The van der Waals surface area contributed by atoms with Gasteiger partial charge in [0.1, 0.15) is 10.7 Å². The van der Waals surface area contributed by atoms with Gasteiger partial charge in [0.2, 0.25) is 0 Å². The van der Waals surface area contributed by atoms with Crippen molar-refractivity contribution in [2.24, 2.45) is 11.7 Å². The fourth-order valence-corrected chi connectivity index (χ4v) is 2.38. The molecule has 0 unspecified atom stereocenters. The van der Waals surface area contributed by atoms with E-state index >= 15 is 0 Å². The summed E-state index contributed by atoms with van der Waals surface area (Å²) in [5.74, 6) is 1.45. The SMILES string of the molecule is NC(=S)c1cccc(OCCCOCC2CCOCC2)c1. The molecule has 0 aromatic heterocycles. The molecule has 0 amide bonds. The predicted octanol–water partition coefficient (Wildman–Crippen LogP) is 2.53. The molecule has 0 aliphatic carbocycles. The summed E-state index contributed by atoms with van der Waals surface area (Å²) in [5.41, 5.74) is 6.43. The smallest absolute Gasteiger partial charge is 0.119 e. The quantitative estimate of drug-likeness (QED) is 0.591. The minimum absolute atomic E-state index is 0.389. The van der Waals surface area contributed by atoms with Crippen LogP contribution in [0.15, 0.2) is 24.3 Å². The van der Waals surface area contributed by atoms with Gasteiger partial charge in [0.25, 0.3) is 0 Å². The lowest BCUT2D eigenvalue weighted by molar-refractivity contribution is 0.0183. The van der Waals surface area contributed by atoms with Gasteiger partial charge in [-0.2, -0.15) is 0 Å². The summed E-state index contributed by atoms with van der Waals surface area (Å²) in [6.07, 6.45) is 3.10. The molecule has 1 saturated heterocycles. The third-order valence-electron chi connectivity index (χ3n) is 3.51. The van der Waals surface area contributed by atoms with Crippen molar-refractivity contribution in [1.29, 1.82) is 0 Å². The highest BCUT2D eigenvalue weighted by molar-refractivity contribution is 7.80. The van der Waals surface area contributed by atoms with Gasteiger partial charge >= 0.3 is 0 Å². The topological polar surface area (TPSA) is 53.7 Å². The van der Waals surface area contributed by atoms with E-state index in [1.165, 1.54) is 0 Å². The Labute approximate surface area is 131 Å². The molecular weight excluding hydrogens is 286 g/mol. The molecule has 21 heavy (non-hydrogen) atoms. The number of thiocarbonyl (C=S) groups is 1. The first-order chi connectivity index (χ1) is 10.3. The summed E-state index contributed by atoms with van der Waals surface area (Å²) in [6.45, 7) is 3.94. The molecule has 0 bridgehead atoms. The van der Waals surface area contributed by atoms with Crippen molar-refractivity contribution < 1.29 is 14.2 Å². The summed E-state index contributed by atoms with van der Waals surface area (Å²) in [6, 6.07) is 7.55. The molecule has 5 heteroatoms. The Balaban J connectivity index is 1.57. The Hall–Kier alpha value is -1.17. The van der Waals surface area contributed by atoms with Crippen molar-refractivity contribution in [1.82, 2.24) is 0 Å². The first kappa shape index (κ1) is 16.2. The lowest BCUT2D eigenvalue weighted by atomic mass is 10.0. The van der Waals surface area contributed by atoms with Crippen LogP contribution in [-0.2, 0) is 9.47 Å². The van der Waals surface area contributed by atoms with Gasteiger partial charge in [0.05, 0.1) is 6.61 Å². The van der Waals surface area contributed by atoms with Crippen LogP contribution in [0.2, 0.25) is 0 Å². The van der Waals surface area contributed by atoms with Crippen molar-refractivity contribution in [2.75, 3.05) is 33.0 Å². The molecule has 0 atom stereocenters. The Morgan fingerprint density at radius 2 is 2.10 bits per heavy atom. The average molecular weight is 309 g/mol. The van der Waals surface area contributed by atoms with Gasteiger partial charge in [0, 0.05) is 38.4 Å². The molecule has 0 spiro atoms. The van der Waals surface area contributed by atoms with E-state index in [0.717, 1.165) is 57.0 Å². The molecule has 1 fully saturated rings. The maximum atomic E-state index is 5.70. The first-order valence-electron chi connectivity index (χ1n) is 7.44. The van der Waals surface area contributed by atoms with Gasteiger partial charge in [-0.05, 0) is 30.9 Å². The van der Waals surface area contributed by atoms with E-state index in [1.54, 1.807) is 0 Å². The van der Waals surface area contributed by atoms with Crippen LogP contribution in [0.4, 0.5) is 0 Å². The van der Waals surface area contributed by atoms with Crippen LogP contribution >= 0.6 is 12.2 Å². The third-order valence-corrected chi connectivity index (χ3v) is 3.75. The highest BCUT2D eigenvalue weighted by atomic mass is 32.1. The molecular formula is C16H23NO3S. The molecule has 1 aromatic carbocycles. The van der Waals surface area contributed by atoms with Crippen molar-refractivity contribution >= 4 is 17.2 Å². The summed E-state index contributed by atoms with van der Waals surface area (Å²) in [4.78, 5) is 0.389. The molecule has 0 saturated carbocycles. The van der Waals surface area contributed by atoms with Gasteiger partial charge in [-0.3, -0.25) is 0 Å². The van der Waals surface area contributed by atoms with Gasteiger partial charge < -0.3 is 19.9 Å². The second-order valence-electron chi connectivity index (χ2n) is 5.22. The predicted molar refractivity (Wildman–Crippen MR) is 86.8 cm³/mol. The van der Waals surface area contributed by atoms with Crippen molar-refractivity contribution in [2.45, 2.75) is 19.3 Å². The molecule has 0 radical (unpaired) electrons. The number of benzene rings is 1. The summed E-state index contributed by atoms with van der Waals surface area (Å²) >= 11 is 4.95. The third kappa shape index (κ3) is 5.99. The Morgan fingerprint density at radius 1 is 1.29 bits per heavy atom. The standard InChI is InChI=1S/C16H23NO3S/c17-16(21)14-3-1-4-15(11-14)20-8-2-7-19-12-13-5-9-18-10-6-13/h1,3-4,11,13H,2,5-10,12H2,(H2,17,21). The second kappa shape index (κ2) is 8.97. The minimum atomic E-state index is 0.389. The zero-order chi connectivity index (χ0) is 14.9. The van der Waals surface area contributed by atoms with Gasteiger partial charge in [0.15, 0.2) is 0 Å². The van der Waals surface area contributed by atoms with Gasteiger partial charge in [-0.15, -0.1) is 0 Å². The van der Waals surface area contributed by atoms with Gasteiger partial charge in [-0.1, -0.05) is 24.4 Å². The van der Waals surface area contributed by atoms with Crippen LogP contribution in [0.25, 0.3) is 0 Å². The van der Waals surface area contributed by atoms with Crippen molar-refractivity contribution in [3.05, 3.63) is 29.8 Å². The van der Waals surface area contributed by atoms with E-state index in [1.807, 2.05) is 24.3 Å². The molecule has 116 valence electrons. The second-order valence-corrected chi connectivity index (χ2v) is 5.66. The molecule has 1 aliphatic rings. The van der Waals surface area contributed by atoms with E-state index in [0.29, 0.717) is 17.5 Å². The number of hydrogen-bond donors (Lipinski definition) is 1. The zero-order valence-corrected chi connectivity index (χ0v) is 13.1. The number of ether oxygens (including phenoxy) is 3. The van der Waals surface area contributed by atoms with Crippen LogP contribution in [-0.4, -0.2) is 38.0 Å². The lowest BCUT2D eigenvalue weighted by Gasteiger charge is -2.21. The summed E-state index contributed by atoms with van der Waals surface area (Å²) < 4.78 is 16.7. The molecule has 1 aliphatic heterocycles. The van der Waals surface area contributed by atoms with E-state index in [9.17, 15) is 0 Å². The average Bonchev–Trinajstić information content (AvgIpc) is 2.52. The number of hydrogen-bond acceptors (Lipinski definition) is 4. The van der Waals surface area contributed by atoms with Crippen LogP contribution in [0.3, 0.4) is 0 Å². The number of rotatable bonds is 8. The molecule has 2 N–H and O–H groups in total. The van der Waals surface area contributed by atoms with Crippen molar-refractivity contribution in [3.8, 4) is 5.75 Å². The zero-order valence-electron chi connectivity index (χ0n) is 12.3. The summed E-state index contributed by atoms with van der Waals surface area (Å²) in [7, 11) is 0. The Morgan fingerprint density at radius 3 is 2.86 bits per heavy atom. The van der Waals surface area contributed by atoms with E-state index in [4.69, 9.17) is 32.2 Å². The largest absolute Gasteiger partial charge is 0.493 e. The van der Waals surface area contributed by atoms with E-state index < -0.39 is 0 Å². The lowest BCUT2D eigenvalue weighted by Crippen LogP contribution is -2.20. The van der Waals surface area contributed by atoms with Crippen molar-refractivity contribution in [3.63, 3.8) is 0 Å². The Bertz CT molecular complexity index is 447. The molecule has 1 aromatic rings. The van der Waals surface area contributed by atoms with Crippen LogP contribution < -0.4 is 10.5 Å².